The average Bonchev–Trinajstić information content (AvgIpc) is 3.44. The lowest BCUT2D eigenvalue weighted by atomic mass is 10.0. The number of nitrogens with zero attached hydrogens (tertiary/aromatic N) is 3. The van der Waals surface area contributed by atoms with Gasteiger partial charge in [-0.2, -0.15) is 0 Å². The minimum atomic E-state index is -3.51. The van der Waals surface area contributed by atoms with Crippen LogP contribution in [0.2, 0.25) is 0 Å². The van der Waals surface area contributed by atoms with Gasteiger partial charge in [0.1, 0.15) is 0 Å². The molecule has 1 fully saturated rings. The number of nitrogens with one attached hydrogen (secondary N) is 2. The minimum absolute atomic E-state index is 0.0846. The predicted molar refractivity (Wildman–Crippen MR) is 101 cm³/mol. The molecule has 1 saturated carbocycles. The SMILES string of the molecule is CCC(C(=O)Nc1ncc(Br)cc1F)c1ccnc(NS(=O)(=O)C2CC2)n1. The Hall–Kier alpha value is -2.14. The number of rotatable bonds is 7. The molecule has 3 rings (SSSR count). The topological polar surface area (TPSA) is 114 Å². The molecule has 0 aromatic carbocycles. The van der Waals surface area contributed by atoms with E-state index < -0.39 is 32.9 Å². The summed E-state index contributed by atoms with van der Waals surface area (Å²) in [5.74, 6) is -2.17. The molecule has 1 unspecified atom stereocenters. The fraction of sp³-hybridized carbons (Fsp3) is 0.375. The van der Waals surface area contributed by atoms with Crippen molar-refractivity contribution in [3.63, 3.8) is 0 Å². The molecule has 0 radical (unpaired) electrons. The molecule has 1 aliphatic rings. The van der Waals surface area contributed by atoms with Gasteiger partial charge in [-0.1, -0.05) is 6.92 Å². The molecule has 27 heavy (non-hydrogen) atoms. The number of pyridine rings is 1. The molecule has 0 aliphatic heterocycles. The van der Waals surface area contributed by atoms with Crippen molar-refractivity contribution in [2.45, 2.75) is 37.4 Å². The summed E-state index contributed by atoms with van der Waals surface area (Å²) >= 11 is 3.10. The highest BCUT2D eigenvalue weighted by Crippen LogP contribution is 2.29. The van der Waals surface area contributed by atoms with Crippen LogP contribution in [0.25, 0.3) is 0 Å². The molecule has 2 aromatic rings. The quantitative estimate of drug-likeness (QED) is 0.660. The van der Waals surface area contributed by atoms with Crippen molar-refractivity contribution in [2.24, 2.45) is 0 Å². The van der Waals surface area contributed by atoms with Gasteiger partial charge in [0.15, 0.2) is 11.6 Å². The zero-order valence-corrected chi connectivity index (χ0v) is 16.7. The first-order chi connectivity index (χ1) is 12.8. The first-order valence-corrected chi connectivity index (χ1v) is 10.6. The highest BCUT2D eigenvalue weighted by atomic mass is 79.9. The van der Waals surface area contributed by atoms with Gasteiger partial charge in [0.2, 0.25) is 21.9 Å². The van der Waals surface area contributed by atoms with E-state index in [-0.39, 0.29) is 11.8 Å². The summed E-state index contributed by atoms with van der Waals surface area (Å²) in [5.41, 5.74) is 0.330. The highest BCUT2D eigenvalue weighted by molar-refractivity contribution is 9.10. The largest absolute Gasteiger partial charge is 0.308 e. The maximum Gasteiger partial charge on any atom is 0.237 e. The number of halogens is 2. The Kier molecular flexibility index (Phi) is 5.70. The van der Waals surface area contributed by atoms with Crippen molar-refractivity contribution < 1.29 is 17.6 Å². The van der Waals surface area contributed by atoms with Crippen molar-refractivity contribution in [1.82, 2.24) is 15.0 Å². The molecule has 2 heterocycles. The van der Waals surface area contributed by atoms with Crippen LogP contribution in [0, 0.1) is 5.82 Å². The molecule has 2 N–H and O–H groups in total. The van der Waals surface area contributed by atoms with Gasteiger partial charge in [-0.05, 0) is 47.3 Å². The first-order valence-electron chi connectivity index (χ1n) is 8.26. The third-order valence-corrected chi connectivity index (χ3v) is 6.25. The van der Waals surface area contributed by atoms with Crippen molar-refractivity contribution in [2.75, 3.05) is 10.0 Å². The van der Waals surface area contributed by atoms with Crippen LogP contribution in [-0.4, -0.2) is 34.5 Å². The number of hydrogen-bond donors (Lipinski definition) is 2. The Morgan fingerprint density at radius 2 is 2.15 bits per heavy atom. The van der Waals surface area contributed by atoms with Crippen LogP contribution in [0.3, 0.4) is 0 Å². The lowest BCUT2D eigenvalue weighted by Gasteiger charge is -2.15. The molecular formula is C16H17BrFN5O3S. The summed E-state index contributed by atoms with van der Waals surface area (Å²) in [7, 11) is -3.51. The van der Waals surface area contributed by atoms with Gasteiger partial charge in [0, 0.05) is 16.9 Å². The van der Waals surface area contributed by atoms with Gasteiger partial charge < -0.3 is 5.32 Å². The molecule has 144 valence electrons. The van der Waals surface area contributed by atoms with E-state index in [0.717, 1.165) is 0 Å². The lowest BCUT2D eigenvalue weighted by Crippen LogP contribution is -2.24. The lowest BCUT2D eigenvalue weighted by molar-refractivity contribution is -0.117. The molecule has 1 atom stereocenters. The van der Waals surface area contributed by atoms with Crippen LogP contribution in [-0.2, 0) is 14.8 Å². The Balaban J connectivity index is 1.78. The average molecular weight is 458 g/mol. The summed E-state index contributed by atoms with van der Waals surface area (Å²) in [5, 5.41) is 2.02. The third kappa shape index (κ3) is 4.78. The predicted octanol–water partition coefficient (Wildman–Crippen LogP) is 2.81. The van der Waals surface area contributed by atoms with Crippen molar-refractivity contribution in [3.05, 3.63) is 40.5 Å². The Bertz CT molecular complexity index is 968. The molecule has 1 aliphatic carbocycles. The van der Waals surface area contributed by atoms with E-state index in [9.17, 15) is 17.6 Å². The van der Waals surface area contributed by atoms with Gasteiger partial charge in [0.25, 0.3) is 0 Å². The number of sulfonamides is 1. The van der Waals surface area contributed by atoms with Gasteiger partial charge in [-0.3, -0.25) is 9.52 Å². The van der Waals surface area contributed by atoms with E-state index in [1.165, 1.54) is 24.5 Å². The van der Waals surface area contributed by atoms with E-state index in [4.69, 9.17) is 0 Å². The summed E-state index contributed by atoms with van der Waals surface area (Å²) in [6, 6.07) is 2.72. The van der Waals surface area contributed by atoms with E-state index in [0.29, 0.717) is 29.4 Å². The number of carbonyl (C=O) groups excluding carboxylic acids is 1. The maximum atomic E-state index is 13.9. The molecule has 0 bridgehead atoms. The third-order valence-electron chi connectivity index (χ3n) is 4.01. The van der Waals surface area contributed by atoms with E-state index >= 15 is 0 Å². The molecule has 1 amide bonds. The minimum Gasteiger partial charge on any atom is -0.308 e. The molecule has 2 aromatic heterocycles. The van der Waals surface area contributed by atoms with E-state index in [1.54, 1.807) is 6.92 Å². The van der Waals surface area contributed by atoms with Gasteiger partial charge in [-0.25, -0.2) is 27.8 Å². The summed E-state index contributed by atoms with van der Waals surface area (Å²) in [4.78, 5) is 24.5. The summed E-state index contributed by atoms with van der Waals surface area (Å²) in [6.07, 6.45) is 4.34. The normalized spacial score (nSPS) is 15.2. The van der Waals surface area contributed by atoms with Crippen LogP contribution < -0.4 is 10.0 Å². The summed E-state index contributed by atoms with van der Waals surface area (Å²) < 4.78 is 40.8. The molecule has 0 spiro atoms. The standard InChI is InChI=1S/C16H17BrFN5O3S/c1-2-11(15(24)22-14-12(18)7-9(17)8-20-14)13-5-6-19-16(21-13)23-27(25,26)10-3-4-10/h5-8,10-11H,2-4H2,1H3,(H,19,21,23)(H,20,22,24). The second kappa shape index (κ2) is 7.85. The Morgan fingerprint density at radius 3 is 2.78 bits per heavy atom. The van der Waals surface area contributed by atoms with Crippen LogP contribution in [0.1, 0.15) is 37.8 Å². The van der Waals surface area contributed by atoms with Crippen molar-refractivity contribution in [1.29, 1.82) is 0 Å². The van der Waals surface area contributed by atoms with Gasteiger partial charge in [0.05, 0.1) is 16.9 Å². The molecule has 8 nitrogen and oxygen atoms in total. The second-order valence-corrected chi connectivity index (χ2v) is 8.96. The number of carbonyl (C=O) groups is 1. The fourth-order valence-corrected chi connectivity index (χ4v) is 4.02. The number of hydrogen-bond acceptors (Lipinski definition) is 6. The smallest absolute Gasteiger partial charge is 0.237 e. The van der Waals surface area contributed by atoms with E-state index in [2.05, 4.69) is 40.9 Å². The van der Waals surface area contributed by atoms with Crippen LogP contribution >= 0.6 is 15.9 Å². The zero-order chi connectivity index (χ0) is 19.6. The number of aromatic nitrogens is 3. The maximum absolute atomic E-state index is 13.9. The molecule has 11 heteroatoms. The molecule has 0 saturated heterocycles. The van der Waals surface area contributed by atoms with E-state index in [1.807, 2.05) is 0 Å². The monoisotopic (exact) mass is 457 g/mol. The van der Waals surface area contributed by atoms with Crippen molar-refractivity contribution in [3.8, 4) is 0 Å². The fourth-order valence-electron chi connectivity index (χ4n) is 2.44. The highest BCUT2D eigenvalue weighted by Gasteiger charge is 2.36. The Labute approximate surface area is 164 Å². The Morgan fingerprint density at radius 1 is 1.41 bits per heavy atom. The second-order valence-electron chi connectivity index (χ2n) is 6.09. The number of anilines is 2. The van der Waals surface area contributed by atoms with Crippen LogP contribution in [0.5, 0.6) is 0 Å². The van der Waals surface area contributed by atoms with Crippen LogP contribution in [0.4, 0.5) is 16.2 Å². The van der Waals surface area contributed by atoms with Gasteiger partial charge in [-0.15, -0.1) is 0 Å². The van der Waals surface area contributed by atoms with Gasteiger partial charge >= 0.3 is 0 Å². The zero-order valence-electron chi connectivity index (χ0n) is 14.3. The first kappa shape index (κ1) is 19.6. The summed E-state index contributed by atoms with van der Waals surface area (Å²) in [6.45, 7) is 1.77. The van der Waals surface area contributed by atoms with Crippen molar-refractivity contribution >= 4 is 43.6 Å². The number of amides is 1. The van der Waals surface area contributed by atoms with Crippen LogP contribution in [0.15, 0.2) is 29.0 Å². The molecular weight excluding hydrogens is 441 g/mol.